The lowest BCUT2D eigenvalue weighted by Gasteiger charge is -2.21. The molecule has 4 nitrogen and oxygen atoms in total. The van der Waals surface area contributed by atoms with Gasteiger partial charge in [0.25, 0.3) is 0 Å². The zero-order valence-electron chi connectivity index (χ0n) is 11.9. The largest absolute Gasteiger partial charge is 0.490 e. The van der Waals surface area contributed by atoms with E-state index < -0.39 is 6.61 Å². The number of aliphatic hydroxyl groups is 1. The van der Waals surface area contributed by atoms with E-state index in [1.54, 1.807) is 19.1 Å². The Labute approximate surface area is 117 Å². The summed E-state index contributed by atoms with van der Waals surface area (Å²) in [7, 11) is 0. The van der Waals surface area contributed by atoms with Crippen LogP contribution >= 0.6 is 0 Å². The molecule has 114 valence electrons. The molecule has 20 heavy (non-hydrogen) atoms. The smallest absolute Gasteiger partial charge is 0.387 e. The Morgan fingerprint density at radius 3 is 2.45 bits per heavy atom. The second-order valence-corrected chi connectivity index (χ2v) is 4.57. The standard InChI is InChI=1S/C14H21F2NO3/c1-4-19-13-7-10(11(8-18)17-9(2)3)5-6-12(13)20-14(15)16/h5-7,9,11,14,17-18H,4,8H2,1-3H3. The monoisotopic (exact) mass is 289 g/mol. The third-order valence-electron chi connectivity index (χ3n) is 2.60. The summed E-state index contributed by atoms with van der Waals surface area (Å²) in [6, 6.07) is 4.57. The van der Waals surface area contributed by atoms with E-state index in [9.17, 15) is 13.9 Å². The quantitative estimate of drug-likeness (QED) is 0.772. The predicted molar refractivity (Wildman–Crippen MR) is 72.3 cm³/mol. The molecule has 1 aromatic rings. The maximum atomic E-state index is 12.3. The molecule has 1 aromatic carbocycles. The number of rotatable bonds is 8. The second kappa shape index (κ2) is 8.01. The number of halogens is 2. The zero-order chi connectivity index (χ0) is 15.1. The fourth-order valence-corrected chi connectivity index (χ4v) is 1.86. The van der Waals surface area contributed by atoms with Crippen LogP contribution in [-0.2, 0) is 0 Å². The van der Waals surface area contributed by atoms with Crippen LogP contribution in [0.3, 0.4) is 0 Å². The van der Waals surface area contributed by atoms with Gasteiger partial charge in [0.2, 0.25) is 0 Å². The van der Waals surface area contributed by atoms with Crippen LogP contribution in [0, 0.1) is 0 Å². The Kier molecular flexibility index (Phi) is 6.67. The Bertz CT molecular complexity index is 413. The maximum Gasteiger partial charge on any atom is 0.387 e. The number of alkyl halides is 2. The molecular formula is C14H21F2NO3. The highest BCUT2D eigenvalue weighted by Gasteiger charge is 2.16. The zero-order valence-corrected chi connectivity index (χ0v) is 11.9. The first-order valence-electron chi connectivity index (χ1n) is 6.56. The van der Waals surface area contributed by atoms with Crippen molar-refractivity contribution in [3.05, 3.63) is 23.8 Å². The van der Waals surface area contributed by atoms with Crippen molar-refractivity contribution >= 4 is 0 Å². The third kappa shape index (κ3) is 4.94. The van der Waals surface area contributed by atoms with E-state index in [-0.39, 0.29) is 30.2 Å². The van der Waals surface area contributed by atoms with Gasteiger partial charge in [0, 0.05) is 6.04 Å². The fraction of sp³-hybridized carbons (Fsp3) is 0.571. The summed E-state index contributed by atoms with van der Waals surface area (Å²) in [6.07, 6.45) is 0. The van der Waals surface area contributed by atoms with Gasteiger partial charge in [0.1, 0.15) is 0 Å². The van der Waals surface area contributed by atoms with Crippen LogP contribution in [0.25, 0.3) is 0 Å². The molecule has 0 bridgehead atoms. The van der Waals surface area contributed by atoms with Gasteiger partial charge >= 0.3 is 6.61 Å². The average molecular weight is 289 g/mol. The van der Waals surface area contributed by atoms with Crippen LogP contribution < -0.4 is 14.8 Å². The van der Waals surface area contributed by atoms with Crippen LogP contribution in [0.15, 0.2) is 18.2 Å². The highest BCUT2D eigenvalue weighted by atomic mass is 19.3. The number of nitrogens with one attached hydrogen (secondary N) is 1. The van der Waals surface area contributed by atoms with Crippen molar-refractivity contribution in [3.63, 3.8) is 0 Å². The number of benzene rings is 1. The average Bonchev–Trinajstić information content (AvgIpc) is 2.37. The Morgan fingerprint density at radius 1 is 1.25 bits per heavy atom. The van der Waals surface area contributed by atoms with Gasteiger partial charge in [-0.2, -0.15) is 8.78 Å². The maximum absolute atomic E-state index is 12.3. The van der Waals surface area contributed by atoms with Crippen molar-refractivity contribution in [2.24, 2.45) is 0 Å². The molecule has 6 heteroatoms. The SMILES string of the molecule is CCOc1cc(C(CO)NC(C)C)ccc1OC(F)F. The minimum Gasteiger partial charge on any atom is -0.490 e. The Balaban J connectivity index is 3.01. The van der Waals surface area contributed by atoms with Crippen molar-refractivity contribution in [2.75, 3.05) is 13.2 Å². The van der Waals surface area contributed by atoms with Gasteiger partial charge in [-0.05, 0) is 24.6 Å². The fourth-order valence-electron chi connectivity index (χ4n) is 1.86. The van der Waals surface area contributed by atoms with E-state index in [2.05, 4.69) is 10.1 Å². The molecule has 0 amide bonds. The van der Waals surface area contributed by atoms with E-state index >= 15 is 0 Å². The molecule has 0 saturated carbocycles. The summed E-state index contributed by atoms with van der Waals surface area (Å²) in [6.45, 7) is 3.01. The van der Waals surface area contributed by atoms with Crippen molar-refractivity contribution in [1.29, 1.82) is 0 Å². The molecule has 0 aliphatic rings. The lowest BCUT2D eigenvalue weighted by molar-refractivity contribution is -0.0514. The molecule has 0 heterocycles. The molecule has 0 fully saturated rings. The lowest BCUT2D eigenvalue weighted by Crippen LogP contribution is -2.30. The normalized spacial score (nSPS) is 12.8. The number of aliphatic hydroxyl groups excluding tert-OH is 1. The van der Waals surface area contributed by atoms with Gasteiger partial charge in [0.15, 0.2) is 11.5 Å². The van der Waals surface area contributed by atoms with Gasteiger partial charge in [-0.25, -0.2) is 0 Å². The molecule has 0 aromatic heterocycles. The summed E-state index contributed by atoms with van der Waals surface area (Å²) < 4.78 is 34.3. The summed E-state index contributed by atoms with van der Waals surface area (Å²) in [5, 5.41) is 12.6. The molecule has 1 atom stereocenters. The molecule has 1 rings (SSSR count). The molecule has 0 aliphatic carbocycles. The first kappa shape index (κ1) is 16.7. The van der Waals surface area contributed by atoms with Gasteiger partial charge in [-0.15, -0.1) is 0 Å². The predicted octanol–water partition coefficient (Wildman–Crippen LogP) is 2.72. The van der Waals surface area contributed by atoms with Crippen LogP contribution in [0.1, 0.15) is 32.4 Å². The summed E-state index contributed by atoms with van der Waals surface area (Å²) in [5.74, 6) is 0.237. The Hall–Kier alpha value is -1.40. The molecule has 0 radical (unpaired) electrons. The number of hydrogen-bond donors (Lipinski definition) is 2. The van der Waals surface area contributed by atoms with E-state index in [0.29, 0.717) is 6.61 Å². The summed E-state index contributed by atoms with van der Waals surface area (Å²) >= 11 is 0. The minimum atomic E-state index is -2.90. The van der Waals surface area contributed by atoms with Crippen LogP contribution in [0.2, 0.25) is 0 Å². The lowest BCUT2D eigenvalue weighted by atomic mass is 10.1. The van der Waals surface area contributed by atoms with Gasteiger partial charge in [0.05, 0.1) is 19.3 Å². The first-order valence-corrected chi connectivity index (χ1v) is 6.56. The topological polar surface area (TPSA) is 50.7 Å². The van der Waals surface area contributed by atoms with E-state index in [0.717, 1.165) is 5.56 Å². The summed E-state index contributed by atoms with van der Waals surface area (Å²) in [5.41, 5.74) is 0.756. The van der Waals surface area contributed by atoms with Gasteiger partial charge in [-0.3, -0.25) is 0 Å². The number of hydrogen-bond acceptors (Lipinski definition) is 4. The van der Waals surface area contributed by atoms with E-state index in [1.165, 1.54) is 6.07 Å². The number of ether oxygens (including phenoxy) is 2. The van der Waals surface area contributed by atoms with Crippen molar-refractivity contribution < 1.29 is 23.4 Å². The molecule has 1 unspecified atom stereocenters. The molecular weight excluding hydrogens is 268 g/mol. The summed E-state index contributed by atoms with van der Waals surface area (Å²) in [4.78, 5) is 0. The Morgan fingerprint density at radius 2 is 1.95 bits per heavy atom. The highest BCUT2D eigenvalue weighted by Crippen LogP contribution is 2.31. The van der Waals surface area contributed by atoms with Crippen LogP contribution in [0.5, 0.6) is 11.5 Å². The first-order chi connectivity index (χ1) is 9.47. The minimum absolute atomic E-state index is 0.00756. The molecule has 0 saturated heterocycles. The third-order valence-corrected chi connectivity index (χ3v) is 2.60. The highest BCUT2D eigenvalue weighted by molar-refractivity contribution is 5.44. The van der Waals surface area contributed by atoms with Crippen molar-refractivity contribution in [2.45, 2.75) is 39.5 Å². The van der Waals surface area contributed by atoms with Crippen molar-refractivity contribution in [3.8, 4) is 11.5 Å². The van der Waals surface area contributed by atoms with Gasteiger partial charge < -0.3 is 19.9 Å². The van der Waals surface area contributed by atoms with E-state index in [4.69, 9.17) is 4.74 Å². The van der Waals surface area contributed by atoms with Crippen LogP contribution in [0.4, 0.5) is 8.78 Å². The molecule has 0 spiro atoms. The van der Waals surface area contributed by atoms with E-state index in [1.807, 2.05) is 13.8 Å². The van der Waals surface area contributed by atoms with Gasteiger partial charge in [-0.1, -0.05) is 19.9 Å². The molecule has 2 N–H and O–H groups in total. The second-order valence-electron chi connectivity index (χ2n) is 4.57. The van der Waals surface area contributed by atoms with Crippen LogP contribution in [-0.4, -0.2) is 31.0 Å². The van der Waals surface area contributed by atoms with Crippen molar-refractivity contribution in [1.82, 2.24) is 5.32 Å². The molecule has 0 aliphatic heterocycles.